The van der Waals surface area contributed by atoms with Gasteiger partial charge in [0.25, 0.3) is 0 Å². The molecule has 0 aromatic carbocycles. The first-order chi connectivity index (χ1) is 10.2. The van der Waals surface area contributed by atoms with Crippen molar-refractivity contribution in [3.8, 4) is 0 Å². The third kappa shape index (κ3) is 4.54. The average molecular weight is 293 g/mol. The zero-order valence-electron chi connectivity index (χ0n) is 12.5. The number of likely N-dealkylation sites (tertiary alicyclic amines) is 1. The molecule has 1 aromatic rings. The molecular formula is C14H23N5O2. The number of nitrogens with one attached hydrogen (secondary N) is 1. The number of amides is 2. The summed E-state index contributed by atoms with van der Waals surface area (Å²) in [6, 6.07) is -0.368. The number of rotatable bonds is 6. The molecule has 1 fully saturated rings. The third-order valence-electron chi connectivity index (χ3n) is 3.79. The maximum atomic E-state index is 11.9. The second-order valence-corrected chi connectivity index (χ2v) is 5.39. The Hall–Kier alpha value is -1.92. The zero-order chi connectivity index (χ0) is 15.1. The molecule has 116 valence electrons. The first-order valence-corrected chi connectivity index (χ1v) is 7.58. The van der Waals surface area contributed by atoms with E-state index in [9.17, 15) is 9.59 Å². The van der Waals surface area contributed by atoms with Gasteiger partial charge in [-0.15, -0.1) is 0 Å². The molecule has 7 heteroatoms. The van der Waals surface area contributed by atoms with Crippen LogP contribution in [0.25, 0.3) is 0 Å². The molecule has 1 aromatic heterocycles. The van der Waals surface area contributed by atoms with Crippen molar-refractivity contribution >= 4 is 11.8 Å². The number of aromatic nitrogens is 3. The van der Waals surface area contributed by atoms with Gasteiger partial charge in [0.15, 0.2) is 0 Å². The fourth-order valence-corrected chi connectivity index (χ4v) is 2.44. The highest BCUT2D eigenvalue weighted by molar-refractivity contribution is 5.79. The topological polar surface area (TPSA) is 80.1 Å². The lowest BCUT2D eigenvalue weighted by Crippen LogP contribution is -2.35. The van der Waals surface area contributed by atoms with Crippen molar-refractivity contribution in [2.24, 2.45) is 0 Å². The molecule has 2 amide bonds. The van der Waals surface area contributed by atoms with Gasteiger partial charge in [0.05, 0.1) is 0 Å². The lowest BCUT2D eigenvalue weighted by molar-refractivity contribution is -0.130. The summed E-state index contributed by atoms with van der Waals surface area (Å²) in [5.74, 6) is 0.164. The molecule has 2 rings (SSSR count). The van der Waals surface area contributed by atoms with Crippen molar-refractivity contribution in [3.63, 3.8) is 0 Å². The van der Waals surface area contributed by atoms with E-state index < -0.39 is 0 Å². The lowest BCUT2D eigenvalue weighted by Gasteiger charge is -2.20. The van der Waals surface area contributed by atoms with Gasteiger partial charge in [0, 0.05) is 26.1 Å². The highest BCUT2D eigenvalue weighted by atomic mass is 16.2. The average Bonchev–Trinajstić information content (AvgIpc) is 2.94. The molecular weight excluding hydrogens is 270 g/mol. The quantitative estimate of drug-likeness (QED) is 0.785. The molecule has 1 aliphatic rings. The summed E-state index contributed by atoms with van der Waals surface area (Å²) in [6.45, 7) is 3.92. The van der Waals surface area contributed by atoms with E-state index in [1.165, 1.54) is 17.3 Å². The van der Waals surface area contributed by atoms with E-state index in [4.69, 9.17) is 0 Å². The number of hydrogen-bond donors (Lipinski definition) is 1. The smallest absolute Gasteiger partial charge is 0.244 e. The molecule has 0 spiro atoms. The summed E-state index contributed by atoms with van der Waals surface area (Å²) in [5, 5.41) is 6.83. The van der Waals surface area contributed by atoms with Crippen LogP contribution in [0.1, 0.15) is 45.1 Å². The van der Waals surface area contributed by atoms with Crippen LogP contribution in [-0.2, 0) is 9.59 Å². The minimum atomic E-state index is -0.368. The van der Waals surface area contributed by atoms with Gasteiger partial charge in [-0.25, -0.2) is 9.67 Å². The minimum absolute atomic E-state index is 0.0808. The SMILES string of the molecule is C[C@@H](C(=O)NCCCN1CCCCCC1=O)n1cncn1. The van der Waals surface area contributed by atoms with Crippen LogP contribution in [0.5, 0.6) is 0 Å². The summed E-state index contributed by atoms with van der Waals surface area (Å²) >= 11 is 0. The summed E-state index contributed by atoms with van der Waals surface area (Å²) < 4.78 is 1.52. The largest absolute Gasteiger partial charge is 0.354 e. The Labute approximate surface area is 124 Å². The minimum Gasteiger partial charge on any atom is -0.354 e. The Balaban J connectivity index is 1.67. The maximum Gasteiger partial charge on any atom is 0.244 e. The van der Waals surface area contributed by atoms with Crippen LogP contribution in [0.2, 0.25) is 0 Å². The van der Waals surface area contributed by atoms with Crippen molar-refractivity contribution in [2.75, 3.05) is 19.6 Å². The van der Waals surface area contributed by atoms with Crippen LogP contribution in [-0.4, -0.2) is 51.1 Å². The molecule has 7 nitrogen and oxygen atoms in total. The normalized spacial score (nSPS) is 17.4. The maximum absolute atomic E-state index is 11.9. The summed E-state index contributed by atoms with van der Waals surface area (Å²) in [5.41, 5.74) is 0. The van der Waals surface area contributed by atoms with Gasteiger partial charge in [0.1, 0.15) is 18.7 Å². The lowest BCUT2D eigenvalue weighted by atomic mass is 10.2. The predicted octanol–water partition coefficient (Wildman–Crippen LogP) is 0.748. The molecule has 1 atom stereocenters. The van der Waals surface area contributed by atoms with Crippen molar-refractivity contribution in [1.29, 1.82) is 0 Å². The van der Waals surface area contributed by atoms with Crippen molar-refractivity contribution in [3.05, 3.63) is 12.7 Å². The highest BCUT2D eigenvalue weighted by Crippen LogP contribution is 2.11. The highest BCUT2D eigenvalue weighted by Gasteiger charge is 2.17. The molecule has 2 heterocycles. The van der Waals surface area contributed by atoms with E-state index in [1.807, 2.05) is 4.90 Å². The first-order valence-electron chi connectivity index (χ1n) is 7.58. The van der Waals surface area contributed by atoms with E-state index in [1.54, 1.807) is 6.92 Å². The number of nitrogens with zero attached hydrogens (tertiary/aromatic N) is 4. The standard InChI is InChI=1S/C14H23N5O2/c1-12(19-11-15-10-17-19)14(21)16-7-5-9-18-8-4-2-3-6-13(18)20/h10-12H,2-9H2,1H3,(H,16,21)/t12-/m0/s1. The molecule has 0 bridgehead atoms. The van der Waals surface area contributed by atoms with Gasteiger partial charge in [-0.05, 0) is 26.2 Å². The molecule has 1 aliphatic heterocycles. The van der Waals surface area contributed by atoms with Crippen LogP contribution >= 0.6 is 0 Å². The first kappa shape index (κ1) is 15.5. The molecule has 0 saturated carbocycles. The predicted molar refractivity (Wildman–Crippen MR) is 77.4 cm³/mol. The van der Waals surface area contributed by atoms with Crippen molar-refractivity contribution < 1.29 is 9.59 Å². The Kier molecular flexibility index (Phi) is 5.71. The van der Waals surface area contributed by atoms with Crippen LogP contribution in [0.15, 0.2) is 12.7 Å². The Morgan fingerprint density at radius 1 is 1.43 bits per heavy atom. The molecule has 0 unspecified atom stereocenters. The van der Waals surface area contributed by atoms with Gasteiger partial charge in [0.2, 0.25) is 11.8 Å². The monoisotopic (exact) mass is 293 g/mol. The second-order valence-electron chi connectivity index (χ2n) is 5.39. The Morgan fingerprint density at radius 3 is 3.05 bits per heavy atom. The van der Waals surface area contributed by atoms with Gasteiger partial charge >= 0.3 is 0 Å². The summed E-state index contributed by atoms with van der Waals surface area (Å²) in [6.07, 6.45) is 7.60. The van der Waals surface area contributed by atoms with Crippen molar-refractivity contribution in [2.45, 2.75) is 45.1 Å². The fourth-order valence-electron chi connectivity index (χ4n) is 2.44. The fraction of sp³-hybridized carbons (Fsp3) is 0.714. The molecule has 1 N–H and O–H groups in total. The van der Waals surface area contributed by atoms with Gasteiger partial charge in [-0.2, -0.15) is 5.10 Å². The molecule has 1 saturated heterocycles. The van der Waals surface area contributed by atoms with E-state index in [2.05, 4.69) is 15.4 Å². The Bertz CT molecular complexity index is 460. The van der Waals surface area contributed by atoms with Crippen molar-refractivity contribution in [1.82, 2.24) is 25.0 Å². The van der Waals surface area contributed by atoms with E-state index in [0.29, 0.717) is 13.0 Å². The van der Waals surface area contributed by atoms with E-state index in [0.717, 1.165) is 38.8 Å². The van der Waals surface area contributed by atoms with Gasteiger partial charge < -0.3 is 10.2 Å². The number of carbonyl (C=O) groups is 2. The Morgan fingerprint density at radius 2 is 2.29 bits per heavy atom. The second kappa shape index (κ2) is 7.75. The third-order valence-corrected chi connectivity index (χ3v) is 3.79. The van der Waals surface area contributed by atoms with E-state index in [-0.39, 0.29) is 17.9 Å². The molecule has 0 aliphatic carbocycles. The number of hydrogen-bond acceptors (Lipinski definition) is 4. The summed E-state index contributed by atoms with van der Waals surface area (Å²) in [7, 11) is 0. The van der Waals surface area contributed by atoms with Gasteiger partial charge in [-0.3, -0.25) is 9.59 Å². The molecule has 0 radical (unpaired) electrons. The zero-order valence-corrected chi connectivity index (χ0v) is 12.5. The summed E-state index contributed by atoms with van der Waals surface area (Å²) in [4.78, 5) is 29.5. The van der Waals surface area contributed by atoms with Crippen LogP contribution in [0, 0.1) is 0 Å². The van der Waals surface area contributed by atoms with Crippen LogP contribution in [0.4, 0.5) is 0 Å². The number of carbonyl (C=O) groups excluding carboxylic acids is 2. The van der Waals surface area contributed by atoms with Crippen LogP contribution in [0.3, 0.4) is 0 Å². The van der Waals surface area contributed by atoms with Gasteiger partial charge in [-0.1, -0.05) is 6.42 Å². The molecule has 21 heavy (non-hydrogen) atoms. The van der Waals surface area contributed by atoms with Crippen LogP contribution < -0.4 is 5.32 Å². The van der Waals surface area contributed by atoms with E-state index >= 15 is 0 Å².